The number of esters is 2. The lowest BCUT2D eigenvalue weighted by molar-refractivity contribution is -0.148. The summed E-state index contributed by atoms with van der Waals surface area (Å²) in [6.45, 7) is 14.0. The maximum atomic E-state index is 12.5. The van der Waals surface area contributed by atoms with E-state index in [4.69, 9.17) is 18.9 Å². The van der Waals surface area contributed by atoms with Crippen molar-refractivity contribution < 1.29 is 28.5 Å². The highest BCUT2D eigenvalue weighted by Crippen LogP contribution is 2.48. The first-order chi connectivity index (χ1) is 13.2. The largest absolute Gasteiger partial charge is 0.458 e. The smallest absolute Gasteiger partial charge is 0.334 e. The third-order valence-corrected chi connectivity index (χ3v) is 6.05. The van der Waals surface area contributed by atoms with E-state index in [0.29, 0.717) is 30.6 Å². The Morgan fingerprint density at radius 3 is 2.82 bits per heavy atom. The van der Waals surface area contributed by atoms with E-state index in [2.05, 4.69) is 6.58 Å². The van der Waals surface area contributed by atoms with Gasteiger partial charge in [0.25, 0.3) is 0 Å². The maximum absolute atomic E-state index is 12.5. The van der Waals surface area contributed by atoms with Crippen LogP contribution >= 0.6 is 0 Å². The van der Waals surface area contributed by atoms with E-state index < -0.39 is 35.7 Å². The highest BCUT2D eigenvalue weighted by Gasteiger charge is 2.57. The molecule has 0 aromatic carbocycles. The lowest BCUT2D eigenvalue weighted by Gasteiger charge is -2.29. The predicted molar refractivity (Wildman–Crippen MR) is 104 cm³/mol. The number of fused-ring (bicyclic) bond motifs is 2. The maximum Gasteiger partial charge on any atom is 0.334 e. The van der Waals surface area contributed by atoms with Crippen molar-refractivity contribution in [3.8, 4) is 0 Å². The molecule has 0 bridgehead atoms. The van der Waals surface area contributed by atoms with Crippen LogP contribution in [0.2, 0.25) is 0 Å². The van der Waals surface area contributed by atoms with Crippen LogP contribution in [0.4, 0.5) is 0 Å². The minimum atomic E-state index is -0.561. The van der Waals surface area contributed by atoms with E-state index >= 15 is 0 Å². The van der Waals surface area contributed by atoms with Crippen molar-refractivity contribution in [2.45, 2.75) is 77.5 Å². The van der Waals surface area contributed by atoms with E-state index in [-0.39, 0.29) is 12.2 Å². The van der Waals surface area contributed by atoms with Crippen LogP contribution in [-0.2, 0) is 28.5 Å². The predicted octanol–water partition coefficient (Wildman–Crippen LogP) is 3.26. The molecule has 2 saturated heterocycles. The molecule has 6 nitrogen and oxygen atoms in total. The summed E-state index contributed by atoms with van der Waals surface area (Å²) in [5, 5.41) is 0. The van der Waals surface area contributed by atoms with Gasteiger partial charge in [-0.15, -0.1) is 0 Å². The monoisotopic (exact) mass is 390 g/mol. The lowest BCUT2D eigenvalue weighted by Crippen LogP contribution is -2.38. The second kappa shape index (κ2) is 7.84. The topological polar surface area (TPSA) is 74.4 Å². The van der Waals surface area contributed by atoms with E-state index in [9.17, 15) is 9.59 Å². The standard InChI is InChI=1S/C22H30O6/c1-7-12(3)20(23)27-17-11-22(6)18(28-22)10-15(25-8-2)13(4)9-16-19(17)14(5)21(24)26-16/h7,9,15-19H,5,8,10-11H2,1-4,6H3/b12-7-,13-9-/t15?,16-,17?,18-,19+,22-/m1/s1. The Morgan fingerprint density at radius 2 is 2.18 bits per heavy atom. The SMILES string of the molecule is C=C1C(=O)O[C@@H]2/C=C(/C)C(OCC)C[C@H]3O[C@]3(C)CC(OC(=O)/C(C)=C\C)[C@@H]12. The third kappa shape index (κ3) is 3.94. The van der Waals surface area contributed by atoms with Crippen LogP contribution in [0.3, 0.4) is 0 Å². The number of ether oxygens (including phenoxy) is 4. The van der Waals surface area contributed by atoms with Gasteiger partial charge in [0.05, 0.1) is 23.7 Å². The average Bonchev–Trinajstić information content (AvgIpc) is 3.18. The molecule has 0 radical (unpaired) electrons. The molecular weight excluding hydrogens is 360 g/mol. The molecule has 28 heavy (non-hydrogen) atoms. The van der Waals surface area contributed by atoms with Crippen LogP contribution in [0.1, 0.15) is 47.5 Å². The van der Waals surface area contributed by atoms with Crippen molar-refractivity contribution >= 4 is 11.9 Å². The molecule has 2 heterocycles. The van der Waals surface area contributed by atoms with Crippen molar-refractivity contribution in [2.75, 3.05) is 6.61 Å². The minimum absolute atomic E-state index is 0.0132. The van der Waals surface area contributed by atoms with E-state index in [1.54, 1.807) is 19.9 Å². The van der Waals surface area contributed by atoms with Crippen molar-refractivity contribution in [1.82, 2.24) is 0 Å². The van der Waals surface area contributed by atoms with Crippen LogP contribution in [0.15, 0.2) is 35.5 Å². The van der Waals surface area contributed by atoms with Crippen LogP contribution in [0, 0.1) is 5.92 Å². The fraction of sp³-hybridized carbons (Fsp3) is 0.636. The van der Waals surface area contributed by atoms with Gasteiger partial charge in [-0.05, 0) is 46.3 Å². The van der Waals surface area contributed by atoms with E-state index in [0.717, 1.165) is 5.57 Å². The summed E-state index contributed by atoms with van der Waals surface area (Å²) in [5.74, 6) is -1.30. The molecule has 3 aliphatic rings. The van der Waals surface area contributed by atoms with Gasteiger partial charge in [-0.25, -0.2) is 9.59 Å². The first-order valence-electron chi connectivity index (χ1n) is 9.91. The molecule has 0 amide bonds. The van der Waals surface area contributed by atoms with Gasteiger partial charge >= 0.3 is 11.9 Å². The molecule has 6 atom stereocenters. The lowest BCUT2D eigenvalue weighted by atomic mass is 9.82. The summed E-state index contributed by atoms with van der Waals surface area (Å²) in [6.07, 6.45) is 3.62. The molecule has 0 aromatic rings. The second-order valence-electron chi connectivity index (χ2n) is 8.05. The average molecular weight is 390 g/mol. The molecule has 2 fully saturated rings. The van der Waals surface area contributed by atoms with Gasteiger partial charge < -0.3 is 18.9 Å². The number of carbonyl (C=O) groups is 2. The second-order valence-corrected chi connectivity index (χ2v) is 8.05. The van der Waals surface area contributed by atoms with Crippen molar-refractivity contribution in [3.05, 3.63) is 35.5 Å². The molecular formula is C22H30O6. The zero-order chi connectivity index (χ0) is 20.6. The van der Waals surface area contributed by atoms with Gasteiger partial charge in [0, 0.05) is 30.6 Å². The molecule has 2 aliphatic heterocycles. The molecule has 6 heteroatoms. The van der Waals surface area contributed by atoms with Gasteiger partial charge in [-0.3, -0.25) is 0 Å². The fourth-order valence-electron chi connectivity index (χ4n) is 4.09. The Kier molecular flexibility index (Phi) is 5.82. The normalized spacial score (nSPS) is 40.0. The van der Waals surface area contributed by atoms with Gasteiger partial charge in [-0.1, -0.05) is 12.7 Å². The molecule has 0 aromatic heterocycles. The molecule has 0 N–H and O–H groups in total. The van der Waals surface area contributed by atoms with Crippen LogP contribution in [0.25, 0.3) is 0 Å². The molecule has 0 spiro atoms. The summed E-state index contributed by atoms with van der Waals surface area (Å²) < 4.78 is 23.3. The Morgan fingerprint density at radius 1 is 1.46 bits per heavy atom. The molecule has 3 rings (SSSR count). The molecule has 1 aliphatic carbocycles. The summed E-state index contributed by atoms with van der Waals surface area (Å²) in [5.41, 5.74) is 1.40. The Labute approximate surface area is 166 Å². The van der Waals surface area contributed by atoms with Gasteiger partial charge in [-0.2, -0.15) is 0 Å². The summed E-state index contributed by atoms with van der Waals surface area (Å²) in [4.78, 5) is 24.8. The minimum Gasteiger partial charge on any atom is -0.458 e. The van der Waals surface area contributed by atoms with Crippen molar-refractivity contribution in [2.24, 2.45) is 5.92 Å². The summed E-state index contributed by atoms with van der Waals surface area (Å²) in [6, 6.07) is 0. The third-order valence-electron chi connectivity index (χ3n) is 6.05. The summed E-state index contributed by atoms with van der Waals surface area (Å²) in [7, 11) is 0. The zero-order valence-corrected chi connectivity index (χ0v) is 17.3. The number of hydrogen-bond acceptors (Lipinski definition) is 6. The first kappa shape index (κ1) is 20.8. The van der Waals surface area contributed by atoms with E-state index in [1.165, 1.54) is 0 Å². The van der Waals surface area contributed by atoms with E-state index in [1.807, 2.05) is 26.8 Å². The first-order valence-corrected chi connectivity index (χ1v) is 9.91. The van der Waals surface area contributed by atoms with Crippen LogP contribution in [0.5, 0.6) is 0 Å². The molecule has 2 unspecified atom stereocenters. The Hall–Kier alpha value is -1.92. The molecule has 0 saturated carbocycles. The highest BCUT2D eigenvalue weighted by atomic mass is 16.6. The number of carbonyl (C=O) groups excluding carboxylic acids is 2. The van der Waals surface area contributed by atoms with Gasteiger partial charge in [0.2, 0.25) is 0 Å². The van der Waals surface area contributed by atoms with Crippen molar-refractivity contribution in [3.63, 3.8) is 0 Å². The van der Waals surface area contributed by atoms with Gasteiger partial charge in [0.1, 0.15) is 12.2 Å². The molecule has 154 valence electrons. The number of hydrogen-bond donors (Lipinski definition) is 0. The van der Waals surface area contributed by atoms with Crippen LogP contribution < -0.4 is 0 Å². The van der Waals surface area contributed by atoms with Gasteiger partial charge in [0.15, 0.2) is 0 Å². The van der Waals surface area contributed by atoms with Crippen LogP contribution in [-0.4, -0.2) is 48.6 Å². The Bertz CT molecular complexity index is 735. The Balaban J connectivity index is 1.98. The quantitative estimate of drug-likeness (QED) is 0.317. The number of rotatable bonds is 4. The summed E-state index contributed by atoms with van der Waals surface area (Å²) >= 11 is 0. The fourth-order valence-corrected chi connectivity index (χ4v) is 4.09. The zero-order valence-electron chi connectivity index (χ0n) is 17.3. The number of epoxide rings is 1. The highest BCUT2D eigenvalue weighted by molar-refractivity contribution is 5.92. The number of allylic oxidation sites excluding steroid dienone is 1. The van der Waals surface area contributed by atoms with Crippen molar-refractivity contribution in [1.29, 1.82) is 0 Å².